The van der Waals surface area contributed by atoms with Crippen molar-refractivity contribution in [1.82, 2.24) is 10.2 Å². The Morgan fingerprint density at radius 3 is 2.70 bits per heavy atom. The summed E-state index contributed by atoms with van der Waals surface area (Å²) in [7, 11) is 0. The molecule has 1 aliphatic heterocycles. The lowest BCUT2D eigenvalue weighted by Crippen LogP contribution is -2.61. The second-order valence-electron chi connectivity index (χ2n) is 4.86. The third-order valence-corrected chi connectivity index (χ3v) is 3.78. The van der Waals surface area contributed by atoms with E-state index in [9.17, 15) is 14.0 Å². The molecule has 0 radical (unpaired) electrons. The molecule has 20 heavy (non-hydrogen) atoms. The van der Waals surface area contributed by atoms with Crippen molar-refractivity contribution in [2.75, 3.05) is 0 Å². The summed E-state index contributed by atoms with van der Waals surface area (Å²) in [5, 5.41) is 2.70. The van der Waals surface area contributed by atoms with Crippen LogP contribution in [-0.4, -0.2) is 28.8 Å². The number of nitrogens with zero attached hydrogens (tertiary/aromatic N) is 1. The minimum absolute atomic E-state index is 0.0103. The molecule has 2 rings (SSSR count). The van der Waals surface area contributed by atoms with Crippen LogP contribution in [0.25, 0.3) is 0 Å². The first-order chi connectivity index (χ1) is 9.43. The fraction of sp³-hybridized carbons (Fsp3) is 0.429. The lowest BCUT2D eigenvalue weighted by molar-refractivity contribution is -0.149. The number of piperazine rings is 1. The highest BCUT2D eigenvalue weighted by atomic mass is 35.5. The molecule has 0 aliphatic carbocycles. The fourth-order valence-corrected chi connectivity index (χ4v) is 2.42. The Bertz CT molecular complexity index is 550. The standard InChI is InChI=1S/C14H16ClFN2O2/c1-3-12-14(20)18(8(2)13(19)17-12)7-9-4-5-11(16)10(15)6-9/h4-6,8,12H,3,7H2,1-2H3,(H,17,19). The van der Waals surface area contributed by atoms with Gasteiger partial charge in [-0.1, -0.05) is 24.6 Å². The summed E-state index contributed by atoms with van der Waals surface area (Å²) < 4.78 is 13.1. The zero-order valence-corrected chi connectivity index (χ0v) is 12.1. The van der Waals surface area contributed by atoms with E-state index in [0.29, 0.717) is 12.0 Å². The van der Waals surface area contributed by atoms with Crippen molar-refractivity contribution < 1.29 is 14.0 Å². The predicted molar refractivity (Wildman–Crippen MR) is 73.6 cm³/mol. The van der Waals surface area contributed by atoms with E-state index >= 15 is 0 Å². The normalized spacial score (nSPS) is 22.9. The van der Waals surface area contributed by atoms with Gasteiger partial charge in [-0.15, -0.1) is 0 Å². The van der Waals surface area contributed by atoms with E-state index in [1.54, 1.807) is 13.0 Å². The van der Waals surface area contributed by atoms with Gasteiger partial charge >= 0.3 is 0 Å². The summed E-state index contributed by atoms with van der Waals surface area (Å²) >= 11 is 5.73. The van der Waals surface area contributed by atoms with Crippen LogP contribution in [0.3, 0.4) is 0 Å². The number of amides is 2. The van der Waals surface area contributed by atoms with Gasteiger partial charge in [0, 0.05) is 6.54 Å². The molecule has 2 unspecified atom stereocenters. The van der Waals surface area contributed by atoms with E-state index < -0.39 is 17.9 Å². The van der Waals surface area contributed by atoms with E-state index in [4.69, 9.17) is 11.6 Å². The molecule has 1 aromatic rings. The molecule has 2 amide bonds. The largest absolute Gasteiger partial charge is 0.343 e. The molecule has 1 saturated heterocycles. The van der Waals surface area contributed by atoms with Gasteiger partial charge in [0.15, 0.2) is 0 Å². The van der Waals surface area contributed by atoms with Crippen LogP contribution < -0.4 is 5.32 Å². The highest BCUT2D eigenvalue weighted by Crippen LogP contribution is 2.20. The first-order valence-corrected chi connectivity index (χ1v) is 6.86. The lowest BCUT2D eigenvalue weighted by atomic mass is 10.0. The number of rotatable bonds is 3. The first kappa shape index (κ1) is 14.8. The first-order valence-electron chi connectivity index (χ1n) is 6.48. The third-order valence-electron chi connectivity index (χ3n) is 3.49. The lowest BCUT2D eigenvalue weighted by Gasteiger charge is -2.37. The molecule has 1 N–H and O–H groups in total. The van der Waals surface area contributed by atoms with E-state index in [-0.39, 0.29) is 23.4 Å². The third kappa shape index (κ3) is 2.77. The molecular weight excluding hydrogens is 283 g/mol. The van der Waals surface area contributed by atoms with Crippen LogP contribution in [0.15, 0.2) is 18.2 Å². The SMILES string of the molecule is CCC1NC(=O)C(C)N(Cc2ccc(F)c(Cl)c2)C1=O. The summed E-state index contributed by atoms with van der Waals surface area (Å²) in [5.74, 6) is -0.803. The van der Waals surface area contributed by atoms with Crippen LogP contribution in [0.4, 0.5) is 4.39 Å². The van der Waals surface area contributed by atoms with Crippen molar-refractivity contribution in [3.05, 3.63) is 34.6 Å². The quantitative estimate of drug-likeness (QED) is 0.929. The Hall–Kier alpha value is -1.62. The van der Waals surface area contributed by atoms with Gasteiger partial charge in [0.05, 0.1) is 5.02 Å². The van der Waals surface area contributed by atoms with Gasteiger partial charge < -0.3 is 10.2 Å². The number of hydrogen-bond donors (Lipinski definition) is 1. The molecular formula is C14H16ClFN2O2. The molecule has 108 valence electrons. The minimum Gasteiger partial charge on any atom is -0.343 e. The van der Waals surface area contributed by atoms with E-state index in [0.717, 1.165) is 0 Å². The van der Waals surface area contributed by atoms with Crippen LogP contribution in [0, 0.1) is 5.82 Å². The second-order valence-corrected chi connectivity index (χ2v) is 5.27. The van der Waals surface area contributed by atoms with E-state index in [1.807, 2.05) is 6.92 Å². The summed E-state index contributed by atoms with van der Waals surface area (Å²) in [6.45, 7) is 3.75. The van der Waals surface area contributed by atoms with Crippen LogP contribution in [-0.2, 0) is 16.1 Å². The van der Waals surface area contributed by atoms with Crippen molar-refractivity contribution in [2.24, 2.45) is 0 Å². The monoisotopic (exact) mass is 298 g/mol. The maximum absolute atomic E-state index is 13.1. The molecule has 1 heterocycles. The van der Waals surface area contributed by atoms with Gasteiger partial charge in [-0.2, -0.15) is 0 Å². The Morgan fingerprint density at radius 1 is 1.40 bits per heavy atom. The highest BCUT2D eigenvalue weighted by Gasteiger charge is 2.36. The van der Waals surface area contributed by atoms with Gasteiger partial charge in [0.2, 0.25) is 11.8 Å². The highest BCUT2D eigenvalue weighted by molar-refractivity contribution is 6.30. The van der Waals surface area contributed by atoms with Crippen molar-refractivity contribution >= 4 is 23.4 Å². The number of carbonyl (C=O) groups is 2. The molecule has 1 aliphatic rings. The molecule has 6 heteroatoms. The molecule has 1 aromatic carbocycles. The number of halogens is 2. The second kappa shape index (κ2) is 5.79. The summed E-state index contributed by atoms with van der Waals surface area (Å²) in [6, 6.07) is 3.26. The topological polar surface area (TPSA) is 49.4 Å². The Balaban J connectivity index is 2.22. The van der Waals surface area contributed by atoms with Gasteiger partial charge in [0.25, 0.3) is 0 Å². The van der Waals surface area contributed by atoms with Gasteiger partial charge in [-0.05, 0) is 31.0 Å². The molecule has 0 saturated carbocycles. The van der Waals surface area contributed by atoms with Crippen LogP contribution in [0.2, 0.25) is 5.02 Å². The maximum atomic E-state index is 13.1. The number of hydrogen-bond acceptors (Lipinski definition) is 2. The van der Waals surface area contributed by atoms with Gasteiger partial charge in [-0.3, -0.25) is 9.59 Å². The zero-order valence-electron chi connectivity index (χ0n) is 11.3. The van der Waals surface area contributed by atoms with Crippen molar-refractivity contribution in [1.29, 1.82) is 0 Å². The Kier molecular flexibility index (Phi) is 4.28. The summed E-state index contributed by atoms with van der Waals surface area (Å²) in [6.07, 6.45) is 0.540. The van der Waals surface area contributed by atoms with E-state index in [2.05, 4.69) is 5.32 Å². The molecule has 2 atom stereocenters. The number of benzene rings is 1. The smallest absolute Gasteiger partial charge is 0.246 e. The Labute approximate surface area is 121 Å². The van der Waals surface area contributed by atoms with Crippen LogP contribution >= 0.6 is 11.6 Å². The molecule has 0 spiro atoms. The molecule has 0 aromatic heterocycles. The summed E-state index contributed by atoms with van der Waals surface area (Å²) in [4.78, 5) is 25.6. The maximum Gasteiger partial charge on any atom is 0.246 e. The van der Waals surface area contributed by atoms with Crippen LogP contribution in [0.5, 0.6) is 0 Å². The van der Waals surface area contributed by atoms with Crippen molar-refractivity contribution in [2.45, 2.75) is 38.9 Å². The predicted octanol–water partition coefficient (Wildman–Crippen LogP) is 2.10. The zero-order chi connectivity index (χ0) is 14.9. The van der Waals surface area contributed by atoms with Gasteiger partial charge in [0.1, 0.15) is 17.9 Å². The van der Waals surface area contributed by atoms with Gasteiger partial charge in [-0.25, -0.2) is 4.39 Å². The molecule has 4 nitrogen and oxygen atoms in total. The Morgan fingerprint density at radius 2 is 2.10 bits per heavy atom. The van der Waals surface area contributed by atoms with Crippen LogP contribution in [0.1, 0.15) is 25.8 Å². The van der Waals surface area contributed by atoms with E-state index in [1.165, 1.54) is 17.0 Å². The molecule has 1 fully saturated rings. The minimum atomic E-state index is -0.547. The average Bonchev–Trinajstić information content (AvgIpc) is 2.42. The number of carbonyl (C=O) groups excluding carboxylic acids is 2. The summed E-state index contributed by atoms with van der Waals surface area (Å²) in [5.41, 5.74) is 0.696. The van der Waals surface area contributed by atoms with Crippen molar-refractivity contribution in [3.63, 3.8) is 0 Å². The molecule has 0 bridgehead atoms. The van der Waals surface area contributed by atoms with Crippen molar-refractivity contribution in [3.8, 4) is 0 Å². The number of nitrogens with one attached hydrogen (secondary N) is 1. The average molecular weight is 299 g/mol. The fourth-order valence-electron chi connectivity index (χ4n) is 2.21.